The van der Waals surface area contributed by atoms with E-state index in [-0.39, 0.29) is 23.6 Å². The van der Waals surface area contributed by atoms with Gasteiger partial charge >= 0.3 is 6.03 Å². The van der Waals surface area contributed by atoms with E-state index in [0.717, 1.165) is 32.2 Å². The monoisotopic (exact) mass is 254 g/mol. The van der Waals surface area contributed by atoms with Gasteiger partial charge in [0.05, 0.1) is 12.1 Å². The third-order valence-corrected chi connectivity index (χ3v) is 4.53. The van der Waals surface area contributed by atoms with Gasteiger partial charge < -0.3 is 15.7 Å². The fourth-order valence-corrected chi connectivity index (χ4v) is 3.20. The zero-order chi connectivity index (χ0) is 13.0. The Kier molecular flexibility index (Phi) is 4.49. The third kappa shape index (κ3) is 3.61. The van der Waals surface area contributed by atoms with Gasteiger partial charge in [0.1, 0.15) is 0 Å². The Morgan fingerprint density at radius 1 is 1.22 bits per heavy atom. The van der Waals surface area contributed by atoms with Gasteiger partial charge in [0.15, 0.2) is 0 Å². The molecule has 2 aliphatic rings. The van der Waals surface area contributed by atoms with Crippen LogP contribution < -0.4 is 10.6 Å². The molecular weight excluding hydrogens is 228 g/mol. The van der Waals surface area contributed by atoms with E-state index in [2.05, 4.69) is 17.6 Å². The lowest BCUT2D eigenvalue weighted by molar-refractivity contribution is 0.0940. The number of nitrogens with one attached hydrogen (secondary N) is 2. The Hall–Kier alpha value is -0.770. The summed E-state index contributed by atoms with van der Waals surface area (Å²) in [7, 11) is 0. The summed E-state index contributed by atoms with van der Waals surface area (Å²) in [5, 5.41) is 15.7. The minimum atomic E-state index is -0.369. The van der Waals surface area contributed by atoms with Gasteiger partial charge in [0.2, 0.25) is 0 Å². The van der Waals surface area contributed by atoms with E-state index in [1.54, 1.807) is 0 Å². The molecule has 2 amide bonds. The molecule has 104 valence electrons. The quantitative estimate of drug-likeness (QED) is 0.723. The normalized spacial score (nSPS) is 31.0. The number of urea groups is 1. The third-order valence-electron chi connectivity index (χ3n) is 4.53. The lowest BCUT2D eigenvalue weighted by Crippen LogP contribution is -2.50. The smallest absolute Gasteiger partial charge is 0.315 e. The topological polar surface area (TPSA) is 61.4 Å². The molecule has 2 rings (SSSR count). The van der Waals surface area contributed by atoms with Crippen LogP contribution in [0.5, 0.6) is 0 Å². The molecular formula is C14H26N2O2. The highest BCUT2D eigenvalue weighted by molar-refractivity contribution is 5.74. The van der Waals surface area contributed by atoms with Gasteiger partial charge in [-0.25, -0.2) is 4.79 Å². The predicted molar refractivity (Wildman–Crippen MR) is 71.4 cm³/mol. The first-order chi connectivity index (χ1) is 8.59. The zero-order valence-electron chi connectivity index (χ0n) is 11.4. The lowest BCUT2D eigenvalue weighted by Gasteiger charge is -2.29. The van der Waals surface area contributed by atoms with Crippen LogP contribution in [0, 0.1) is 5.41 Å². The van der Waals surface area contributed by atoms with Crippen molar-refractivity contribution in [3.05, 3.63) is 0 Å². The molecule has 0 saturated heterocycles. The van der Waals surface area contributed by atoms with Crippen molar-refractivity contribution in [3.8, 4) is 0 Å². The van der Waals surface area contributed by atoms with Crippen molar-refractivity contribution in [2.24, 2.45) is 5.41 Å². The minimum Gasteiger partial charge on any atom is -0.391 e. The maximum atomic E-state index is 11.8. The van der Waals surface area contributed by atoms with E-state index in [1.807, 2.05) is 0 Å². The molecule has 0 bridgehead atoms. The summed E-state index contributed by atoms with van der Waals surface area (Å²) in [5.74, 6) is 0. The van der Waals surface area contributed by atoms with E-state index >= 15 is 0 Å². The molecule has 2 atom stereocenters. The van der Waals surface area contributed by atoms with Crippen LogP contribution in [-0.4, -0.2) is 29.8 Å². The average Bonchev–Trinajstić information content (AvgIpc) is 2.77. The second-order valence-electron chi connectivity index (χ2n) is 6.30. The van der Waals surface area contributed by atoms with Crippen molar-refractivity contribution < 1.29 is 9.90 Å². The predicted octanol–water partition coefficient (Wildman–Crippen LogP) is 2.17. The van der Waals surface area contributed by atoms with E-state index in [9.17, 15) is 9.90 Å². The second kappa shape index (κ2) is 5.91. The molecule has 0 spiro atoms. The summed E-state index contributed by atoms with van der Waals surface area (Å²) in [6.07, 6.45) is 8.47. The first-order valence-electron chi connectivity index (χ1n) is 7.32. The number of rotatable bonds is 3. The fourth-order valence-electron chi connectivity index (χ4n) is 3.20. The number of amides is 2. The first-order valence-corrected chi connectivity index (χ1v) is 7.32. The van der Waals surface area contributed by atoms with Gasteiger partial charge in [-0.1, -0.05) is 32.6 Å². The fraction of sp³-hybridized carbons (Fsp3) is 0.929. The standard InChI is InChI=1S/C14H26N2O2/c1-14(8-4-5-9-14)10-15-13(18)16-11-6-2-3-7-12(11)17/h11-12,17H,2-10H2,1H3,(H2,15,16,18). The number of aliphatic hydroxyl groups is 1. The molecule has 3 N–H and O–H groups in total. The highest BCUT2D eigenvalue weighted by Crippen LogP contribution is 2.36. The van der Waals surface area contributed by atoms with E-state index in [1.165, 1.54) is 25.7 Å². The summed E-state index contributed by atoms with van der Waals surface area (Å²) >= 11 is 0. The van der Waals surface area contributed by atoms with Crippen molar-refractivity contribution in [1.82, 2.24) is 10.6 Å². The molecule has 0 aliphatic heterocycles. The molecule has 2 fully saturated rings. The number of aliphatic hydroxyl groups excluding tert-OH is 1. The van der Waals surface area contributed by atoms with Gasteiger partial charge in [-0.3, -0.25) is 0 Å². The van der Waals surface area contributed by atoms with Crippen LogP contribution in [0.25, 0.3) is 0 Å². The number of hydrogen-bond donors (Lipinski definition) is 3. The molecule has 2 aliphatic carbocycles. The summed E-state index contributed by atoms with van der Waals surface area (Å²) in [6, 6.07) is -0.177. The van der Waals surface area contributed by atoms with E-state index in [4.69, 9.17) is 0 Å². The molecule has 4 heteroatoms. The second-order valence-corrected chi connectivity index (χ2v) is 6.30. The molecule has 0 aromatic heterocycles. The lowest BCUT2D eigenvalue weighted by atomic mass is 9.89. The number of carbonyl (C=O) groups is 1. The van der Waals surface area contributed by atoms with Crippen molar-refractivity contribution >= 4 is 6.03 Å². The minimum absolute atomic E-state index is 0.0601. The first kappa shape index (κ1) is 13.7. The summed E-state index contributed by atoms with van der Waals surface area (Å²) in [6.45, 7) is 3.00. The van der Waals surface area contributed by atoms with E-state index in [0.29, 0.717) is 0 Å². The van der Waals surface area contributed by atoms with Crippen molar-refractivity contribution in [2.75, 3.05) is 6.54 Å². The molecule has 0 aromatic rings. The Labute approximate surface area is 110 Å². The Balaban J connectivity index is 1.71. The number of hydrogen-bond acceptors (Lipinski definition) is 2. The highest BCUT2D eigenvalue weighted by Gasteiger charge is 2.30. The van der Waals surface area contributed by atoms with Gasteiger partial charge in [0.25, 0.3) is 0 Å². The Morgan fingerprint density at radius 3 is 2.56 bits per heavy atom. The van der Waals surface area contributed by atoms with Gasteiger partial charge in [-0.15, -0.1) is 0 Å². The van der Waals surface area contributed by atoms with Crippen LogP contribution >= 0.6 is 0 Å². The van der Waals surface area contributed by atoms with Crippen molar-refractivity contribution in [3.63, 3.8) is 0 Å². The Bertz CT molecular complexity index is 288. The van der Waals surface area contributed by atoms with E-state index < -0.39 is 0 Å². The maximum absolute atomic E-state index is 11.8. The zero-order valence-corrected chi connectivity index (χ0v) is 11.4. The van der Waals surface area contributed by atoms with Crippen molar-refractivity contribution in [1.29, 1.82) is 0 Å². The summed E-state index contributed by atoms with van der Waals surface area (Å²) < 4.78 is 0. The molecule has 18 heavy (non-hydrogen) atoms. The van der Waals surface area contributed by atoms with Crippen LogP contribution in [0.1, 0.15) is 58.3 Å². The van der Waals surface area contributed by atoms with Crippen molar-refractivity contribution in [2.45, 2.75) is 70.4 Å². The van der Waals surface area contributed by atoms with Crippen LogP contribution in [0.3, 0.4) is 0 Å². The maximum Gasteiger partial charge on any atom is 0.315 e. The Morgan fingerprint density at radius 2 is 1.89 bits per heavy atom. The highest BCUT2D eigenvalue weighted by atomic mass is 16.3. The average molecular weight is 254 g/mol. The molecule has 2 unspecified atom stereocenters. The summed E-state index contributed by atoms with van der Waals surface area (Å²) in [5.41, 5.74) is 0.280. The molecule has 0 radical (unpaired) electrons. The molecule has 2 saturated carbocycles. The summed E-state index contributed by atoms with van der Waals surface area (Å²) in [4.78, 5) is 11.8. The van der Waals surface area contributed by atoms with Gasteiger partial charge in [0, 0.05) is 6.54 Å². The van der Waals surface area contributed by atoms with Crippen LogP contribution in [0.4, 0.5) is 4.79 Å². The molecule has 0 aromatic carbocycles. The van der Waals surface area contributed by atoms with Gasteiger partial charge in [-0.2, -0.15) is 0 Å². The largest absolute Gasteiger partial charge is 0.391 e. The number of carbonyl (C=O) groups excluding carboxylic acids is 1. The molecule has 4 nitrogen and oxygen atoms in total. The van der Waals surface area contributed by atoms with Crippen LogP contribution in [-0.2, 0) is 0 Å². The van der Waals surface area contributed by atoms with Crippen LogP contribution in [0.15, 0.2) is 0 Å². The SMILES string of the molecule is CC1(CNC(=O)NC2CCCCC2O)CCCC1. The van der Waals surface area contributed by atoms with Gasteiger partial charge in [-0.05, 0) is 31.1 Å². The molecule has 0 heterocycles. The van der Waals surface area contributed by atoms with Crippen LogP contribution in [0.2, 0.25) is 0 Å².